The quantitative estimate of drug-likeness (QED) is 0.0827. The van der Waals surface area contributed by atoms with Crippen molar-refractivity contribution in [1.82, 2.24) is 10.2 Å². The van der Waals surface area contributed by atoms with E-state index in [-0.39, 0.29) is 25.4 Å². The molecule has 1 aliphatic rings. The van der Waals surface area contributed by atoms with Crippen LogP contribution in [0, 0.1) is 29.1 Å². The van der Waals surface area contributed by atoms with Crippen LogP contribution in [0.3, 0.4) is 0 Å². The van der Waals surface area contributed by atoms with Crippen molar-refractivity contribution >= 4 is 5.91 Å². The number of halogens is 5. The van der Waals surface area contributed by atoms with Gasteiger partial charge in [-0.05, 0) is 46.5 Å². The zero-order chi connectivity index (χ0) is 36.1. The van der Waals surface area contributed by atoms with Crippen molar-refractivity contribution in [3.63, 3.8) is 0 Å². The molecule has 6 nitrogen and oxygen atoms in total. The zero-order valence-corrected chi connectivity index (χ0v) is 27.6. The molecule has 0 bridgehead atoms. The van der Waals surface area contributed by atoms with Crippen molar-refractivity contribution in [2.45, 2.75) is 44.6 Å². The van der Waals surface area contributed by atoms with Crippen LogP contribution in [0.2, 0.25) is 0 Å². The number of likely N-dealkylation sites (N-methyl/N-ethyl adjacent to an activating group) is 1. The van der Waals surface area contributed by atoms with Gasteiger partial charge in [-0.25, -0.2) is 22.0 Å². The van der Waals surface area contributed by atoms with E-state index in [1.54, 1.807) is 18.2 Å². The summed E-state index contributed by atoms with van der Waals surface area (Å²) >= 11 is 0. The Labute approximate surface area is 292 Å². The number of ether oxygens (including phenoxy) is 2. The standard InChI is InChI=1S/C40H35F5N2O4/c1-47(21-24-6-3-2-4-7-24)22-31-19-32(28-12-10-25(23-48)11-13-28)51-40(50-31)29-16-14-27(15-17-29)30-9-5-8-26(18-30)20-46-39(49)33-34(41)36(43)38(45)37(44)35(33)42/h2-18,31-32,40,48H,19-23H2,1H3,(H,46,49). The highest BCUT2D eigenvalue weighted by Crippen LogP contribution is 2.39. The number of nitrogens with one attached hydrogen (secondary N) is 1. The molecular formula is C40H35F5N2O4. The molecule has 1 heterocycles. The largest absolute Gasteiger partial charge is 0.392 e. The van der Waals surface area contributed by atoms with Crippen molar-refractivity contribution in [3.8, 4) is 11.1 Å². The fourth-order valence-corrected chi connectivity index (χ4v) is 6.11. The predicted molar refractivity (Wildman–Crippen MR) is 180 cm³/mol. The van der Waals surface area contributed by atoms with Gasteiger partial charge in [-0.15, -0.1) is 0 Å². The Kier molecular flexibility index (Phi) is 11.2. The number of hydrogen-bond donors (Lipinski definition) is 2. The van der Waals surface area contributed by atoms with Crippen LogP contribution in [0.5, 0.6) is 0 Å². The molecule has 0 aromatic heterocycles. The van der Waals surface area contributed by atoms with Gasteiger partial charge < -0.3 is 19.9 Å². The third kappa shape index (κ3) is 8.34. The van der Waals surface area contributed by atoms with E-state index in [0.717, 1.165) is 34.4 Å². The lowest BCUT2D eigenvalue weighted by Crippen LogP contribution is -2.37. The molecule has 264 valence electrons. The highest BCUT2D eigenvalue weighted by atomic mass is 19.2. The first kappa shape index (κ1) is 35.9. The molecule has 11 heteroatoms. The van der Waals surface area contributed by atoms with Crippen LogP contribution in [0.15, 0.2) is 103 Å². The average molecular weight is 703 g/mol. The molecule has 3 atom stereocenters. The summed E-state index contributed by atoms with van der Waals surface area (Å²) in [4.78, 5) is 14.7. The minimum Gasteiger partial charge on any atom is -0.392 e. The topological polar surface area (TPSA) is 71.0 Å². The number of aliphatic hydroxyl groups is 1. The molecule has 0 saturated carbocycles. The molecule has 5 aromatic carbocycles. The second kappa shape index (κ2) is 15.9. The number of carbonyl (C=O) groups is 1. The minimum atomic E-state index is -2.33. The molecule has 1 saturated heterocycles. The summed E-state index contributed by atoms with van der Waals surface area (Å²) in [6.07, 6.45) is -0.409. The lowest BCUT2D eigenvalue weighted by atomic mass is 9.99. The number of nitrogens with zero attached hydrogens (tertiary/aromatic N) is 1. The maximum absolute atomic E-state index is 14.1. The first-order valence-electron chi connectivity index (χ1n) is 16.3. The number of hydrogen-bond acceptors (Lipinski definition) is 5. The van der Waals surface area contributed by atoms with E-state index in [0.29, 0.717) is 18.5 Å². The highest BCUT2D eigenvalue weighted by Gasteiger charge is 2.33. The van der Waals surface area contributed by atoms with Crippen molar-refractivity contribution in [2.24, 2.45) is 0 Å². The summed E-state index contributed by atoms with van der Waals surface area (Å²) in [6.45, 7) is 1.16. The van der Waals surface area contributed by atoms with Gasteiger partial charge in [0.1, 0.15) is 5.56 Å². The Morgan fingerprint density at radius 2 is 1.35 bits per heavy atom. The molecule has 51 heavy (non-hydrogen) atoms. The lowest BCUT2D eigenvalue weighted by Gasteiger charge is -2.38. The molecule has 1 aliphatic heterocycles. The summed E-state index contributed by atoms with van der Waals surface area (Å²) in [5.41, 5.74) is 4.36. The van der Waals surface area contributed by atoms with E-state index >= 15 is 0 Å². The van der Waals surface area contributed by atoms with E-state index in [1.807, 2.05) is 72.8 Å². The van der Waals surface area contributed by atoms with E-state index in [9.17, 15) is 31.9 Å². The zero-order valence-electron chi connectivity index (χ0n) is 27.6. The molecular weight excluding hydrogens is 667 g/mol. The maximum Gasteiger partial charge on any atom is 0.257 e. The minimum absolute atomic E-state index is 0.0489. The molecule has 0 aliphatic carbocycles. The SMILES string of the molecule is CN(Cc1ccccc1)CC1CC(c2ccc(CO)cc2)OC(c2ccc(-c3cccc(CNC(=O)c4c(F)c(F)c(F)c(F)c4F)c3)cc2)O1. The molecule has 2 N–H and O–H groups in total. The van der Waals surface area contributed by atoms with Crippen molar-refractivity contribution in [3.05, 3.63) is 166 Å². The van der Waals surface area contributed by atoms with Gasteiger partial charge >= 0.3 is 0 Å². The van der Waals surface area contributed by atoms with Crippen LogP contribution in [0.1, 0.15) is 57.0 Å². The van der Waals surface area contributed by atoms with Gasteiger partial charge in [-0.1, -0.05) is 97.1 Å². The predicted octanol–water partition coefficient (Wildman–Crippen LogP) is 8.15. The van der Waals surface area contributed by atoms with Gasteiger partial charge in [0.2, 0.25) is 5.82 Å². The van der Waals surface area contributed by atoms with Gasteiger partial charge in [0.05, 0.1) is 18.8 Å². The van der Waals surface area contributed by atoms with Crippen LogP contribution in [0.4, 0.5) is 22.0 Å². The second-order valence-corrected chi connectivity index (χ2v) is 12.5. The van der Waals surface area contributed by atoms with Gasteiger partial charge in [-0.2, -0.15) is 0 Å². The van der Waals surface area contributed by atoms with Crippen molar-refractivity contribution in [1.29, 1.82) is 0 Å². The average Bonchev–Trinajstić information content (AvgIpc) is 3.16. The monoisotopic (exact) mass is 702 g/mol. The summed E-state index contributed by atoms with van der Waals surface area (Å²) in [7, 11) is 2.05. The molecule has 5 aromatic rings. The summed E-state index contributed by atoms with van der Waals surface area (Å²) in [5, 5.41) is 11.7. The van der Waals surface area contributed by atoms with Crippen LogP contribution >= 0.6 is 0 Å². The number of aliphatic hydroxyl groups excluding tert-OH is 1. The highest BCUT2D eigenvalue weighted by molar-refractivity contribution is 5.94. The Bertz CT molecular complexity index is 1950. The van der Waals surface area contributed by atoms with Gasteiger partial charge in [0.15, 0.2) is 29.6 Å². The third-order valence-corrected chi connectivity index (χ3v) is 8.76. The van der Waals surface area contributed by atoms with Gasteiger partial charge in [0, 0.05) is 31.6 Å². The normalized spacial score (nSPS) is 17.5. The van der Waals surface area contributed by atoms with E-state index in [4.69, 9.17) is 9.47 Å². The van der Waals surface area contributed by atoms with E-state index in [2.05, 4.69) is 29.4 Å². The van der Waals surface area contributed by atoms with E-state index in [1.165, 1.54) is 5.56 Å². The van der Waals surface area contributed by atoms with Crippen LogP contribution in [-0.4, -0.2) is 35.6 Å². The van der Waals surface area contributed by atoms with Crippen molar-refractivity contribution in [2.75, 3.05) is 13.6 Å². The van der Waals surface area contributed by atoms with Crippen LogP contribution < -0.4 is 5.32 Å². The number of amides is 1. The van der Waals surface area contributed by atoms with Crippen LogP contribution in [-0.2, 0) is 29.2 Å². The Morgan fingerprint density at radius 1 is 0.725 bits per heavy atom. The first-order valence-corrected chi connectivity index (χ1v) is 16.3. The molecule has 6 rings (SSSR count). The fraction of sp³-hybridized carbons (Fsp3) is 0.225. The molecule has 3 unspecified atom stereocenters. The molecule has 0 spiro atoms. The molecule has 0 radical (unpaired) electrons. The smallest absolute Gasteiger partial charge is 0.257 e. The molecule has 1 amide bonds. The van der Waals surface area contributed by atoms with Gasteiger partial charge in [0.25, 0.3) is 5.91 Å². The number of carbonyl (C=O) groups excluding carboxylic acids is 1. The van der Waals surface area contributed by atoms with Crippen molar-refractivity contribution < 1.29 is 41.3 Å². The third-order valence-electron chi connectivity index (χ3n) is 8.76. The summed E-state index contributed by atoms with van der Waals surface area (Å²) < 4.78 is 81.9. The van der Waals surface area contributed by atoms with Crippen LogP contribution in [0.25, 0.3) is 11.1 Å². The maximum atomic E-state index is 14.1. The second-order valence-electron chi connectivity index (χ2n) is 12.5. The Balaban J connectivity index is 1.16. The van der Waals surface area contributed by atoms with E-state index < -0.39 is 46.8 Å². The molecule has 1 fully saturated rings. The number of rotatable bonds is 11. The fourth-order valence-electron chi connectivity index (χ4n) is 6.11. The number of benzene rings is 5. The Hall–Kier alpha value is -4.94. The summed E-state index contributed by atoms with van der Waals surface area (Å²) in [5.74, 6) is -12.5. The first-order chi connectivity index (χ1) is 24.6. The van der Waals surface area contributed by atoms with Gasteiger partial charge in [-0.3, -0.25) is 9.69 Å². The lowest BCUT2D eigenvalue weighted by molar-refractivity contribution is -0.252. The summed E-state index contributed by atoms with van der Waals surface area (Å²) in [6, 6.07) is 32.4. The Morgan fingerprint density at radius 3 is 2.02 bits per heavy atom.